The number of nitrogens with zero attached hydrogens (tertiary/aromatic N) is 2. The first kappa shape index (κ1) is 14.2. The lowest BCUT2D eigenvalue weighted by Gasteiger charge is -2.15. The summed E-state index contributed by atoms with van der Waals surface area (Å²) < 4.78 is 5.95. The molecule has 0 saturated carbocycles. The number of ether oxygens (including phenoxy) is 1. The first-order valence-electron chi connectivity index (χ1n) is 4.95. The van der Waals surface area contributed by atoms with Gasteiger partial charge in [-0.25, -0.2) is 0 Å². The molecule has 0 fully saturated rings. The SMILES string of the molecule is Cc1cc(Br)cc([N+](=O)[O-])c1OC(C)C(N)=NO. The minimum Gasteiger partial charge on any atom is -0.475 e. The number of nitro groups is 1. The lowest BCUT2D eigenvalue weighted by molar-refractivity contribution is -0.386. The largest absolute Gasteiger partial charge is 0.475 e. The third kappa shape index (κ3) is 3.10. The van der Waals surface area contributed by atoms with Crippen molar-refractivity contribution in [3.05, 3.63) is 32.3 Å². The number of hydrogen-bond acceptors (Lipinski definition) is 5. The summed E-state index contributed by atoms with van der Waals surface area (Å²) in [6, 6.07) is 3.02. The fourth-order valence-corrected chi connectivity index (χ4v) is 1.88. The Kier molecular flexibility index (Phi) is 4.49. The Bertz CT molecular complexity index is 504. The van der Waals surface area contributed by atoms with Crippen LogP contribution in [-0.2, 0) is 0 Å². The summed E-state index contributed by atoms with van der Waals surface area (Å²) in [5, 5.41) is 22.3. The van der Waals surface area contributed by atoms with Crippen molar-refractivity contribution in [2.24, 2.45) is 10.9 Å². The van der Waals surface area contributed by atoms with Gasteiger partial charge in [-0.3, -0.25) is 10.1 Å². The van der Waals surface area contributed by atoms with Crippen LogP contribution in [0.5, 0.6) is 5.75 Å². The van der Waals surface area contributed by atoms with Gasteiger partial charge in [-0.2, -0.15) is 0 Å². The topological polar surface area (TPSA) is 111 Å². The van der Waals surface area contributed by atoms with Gasteiger partial charge in [-0.1, -0.05) is 21.1 Å². The molecular formula is C10H12BrN3O4. The molecule has 7 nitrogen and oxygen atoms in total. The van der Waals surface area contributed by atoms with E-state index in [-0.39, 0.29) is 17.3 Å². The highest BCUT2D eigenvalue weighted by Gasteiger charge is 2.22. The Morgan fingerprint density at radius 2 is 2.28 bits per heavy atom. The van der Waals surface area contributed by atoms with Crippen LogP contribution in [0.3, 0.4) is 0 Å². The van der Waals surface area contributed by atoms with Crippen molar-refractivity contribution in [1.82, 2.24) is 0 Å². The molecule has 0 aromatic heterocycles. The van der Waals surface area contributed by atoms with Crippen LogP contribution in [-0.4, -0.2) is 22.1 Å². The lowest BCUT2D eigenvalue weighted by Crippen LogP contribution is -2.31. The second kappa shape index (κ2) is 5.67. The van der Waals surface area contributed by atoms with Crippen molar-refractivity contribution in [3.63, 3.8) is 0 Å². The lowest BCUT2D eigenvalue weighted by atomic mass is 10.2. The molecule has 1 rings (SSSR count). The first-order chi connectivity index (χ1) is 8.36. The Balaban J connectivity index is 3.19. The van der Waals surface area contributed by atoms with E-state index < -0.39 is 11.0 Å². The van der Waals surface area contributed by atoms with E-state index in [1.54, 1.807) is 13.0 Å². The van der Waals surface area contributed by atoms with E-state index in [4.69, 9.17) is 15.7 Å². The van der Waals surface area contributed by atoms with Crippen LogP contribution in [0.2, 0.25) is 0 Å². The van der Waals surface area contributed by atoms with Gasteiger partial charge in [-0.05, 0) is 25.5 Å². The number of oxime groups is 1. The second-order valence-electron chi connectivity index (χ2n) is 3.61. The monoisotopic (exact) mass is 317 g/mol. The third-order valence-corrected chi connectivity index (χ3v) is 2.70. The van der Waals surface area contributed by atoms with Gasteiger partial charge in [0.05, 0.1) is 4.92 Å². The highest BCUT2D eigenvalue weighted by atomic mass is 79.9. The molecule has 8 heteroatoms. The standard InChI is InChI=1S/C10H12BrN3O4/c1-5-3-7(11)4-8(14(16)17)9(5)18-6(2)10(12)13-15/h3-4,6,15H,1-2H3,(H2,12,13). The zero-order valence-electron chi connectivity index (χ0n) is 9.75. The summed E-state index contributed by atoms with van der Waals surface area (Å²) in [4.78, 5) is 10.4. The second-order valence-corrected chi connectivity index (χ2v) is 4.53. The highest BCUT2D eigenvalue weighted by molar-refractivity contribution is 9.10. The molecule has 98 valence electrons. The number of aryl methyl sites for hydroxylation is 1. The van der Waals surface area contributed by atoms with Gasteiger partial charge in [0.25, 0.3) is 0 Å². The van der Waals surface area contributed by atoms with Crippen molar-refractivity contribution >= 4 is 27.5 Å². The molecule has 1 atom stereocenters. The van der Waals surface area contributed by atoms with Gasteiger partial charge in [0.15, 0.2) is 11.9 Å². The molecule has 1 unspecified atom stereocenters. The molecule has 0 bridgehead atoms. The van der Waals surface area contributed by atoms with Gasteiger partial charge in [0, 0.05) is 10.5 Å². The minimum atomic E-state index is -0.770. The van der Waals surface area contributed by atoms with Crippen molar-refractivity contribution in [3.8, 4) is 5.75 Å². The van der Waals surface area contributed by atoms with Gasteiger partial charge in [0.2, 0.25) is 5.75 Å². The number of hydrogen-bond donors (Lipinski definition) is 2. The van der Waals surface area contributed by atoms with Gasteiger partial charge >= 0.3 is 5.69 Å². The Labute approximate surface area is 112 Å². The van der Waals surface area contributed by atoms with Crippen molar-refractivity contribution < 1.29 is 14.9 Å². The maximum absolute atomic E-state index is 10.9. The molecule has 0 radical (unpaired) electrons. The predicted octanol–water partition coefficient (Wildman–Crippen LogP) is 2.18. The summed E-state index contributed by atoms with van der Waals surface area (Å²) in [6.45, 7) is 3.20. The maximum atomic E-state index is 10.9. The highest BCUT2D eigenvalue weighted by Crippen LogP contribution is 2.34. The average molecular weight is 318 g/mol. The first-order valence-corrected chi connectivity index (χ1v) is 5.74. The Morgan fingerprint density at radius 1 is 1.67 bits per heavy atom. The van der Waals surface area contributed by atoms with Crippen LogP contribution in [0.15, 0.2) is 21.8 Å². The van der Waals surface area contributed by atoms with Crippen LogP contribution >= 0.6 is 15.9 Å². The molecule has 0 saturated heterocycles. The zero-order chi connectivity index (χ0) is 13.9. The number of benzene rings is 1. The molecule has 0 aliphatic rings. The Morgan fingerprint density at radius 3 is 2.78 bits per heavy atom. The number of nitro benzene ring substituents is 1. The summed E-state index contributed by atoms with van der Waals surface area (Å²) >= 11 is 3.18. The summed E-state index contributed by atoms with van der Waals surface area (Å²) in [5.74, 6) is -0.0612. The molecule has 0 aliphatic heterocycles. The van der Waals surface area contributed by atoms with Crippen molar-refractivity contribution in [2.45, 2.75) is 20.0 Å². The van der Waals surface area contributed by atoms with Gasteiger partial charge in [0.1, 0.15) is 0 Å². The number of amidine groups is 1. The molecule has 0 heterocycles. The van der Waals surface area contributed by atoms with Crippen LogP contribution in [0.4, 0.5) is 5.69 Å². The van der Waals surface area contributed by atoms with Crippen molar-refractivity contribution in [2.75, 3.05) is 0 Å². The van der Waals surface area contributed by atoms with E-state index in [1.165, 1.54) is 13.0 Å². The Hall–Kier alpha value is -1.83. The van der Waals surface area contributed by atoms with E-state index in [9.17, 15) is 10.1 Å². The molecular weight excluding hydrogens is 306 g/mol. The fourth-order valence-electron chi connectivity index (χ4n) is 1.32. The van der Waals surface area contributed by atoms with Gasteiger partial charge in [-0.15, -0.1) is 0 Å². The molecule has 0 amide bonds. The predicted molar refractivity (Wildman–Crippen MR) is 69.0 cm³/mol. The fraction of sp³-hybridized carbons (Fsp3) is 0.300. The summed E-state index contributed by atoms with van der Waals surface area (Å²) in [5.41, 5.74) is 5.76. The average Bonchev–Trinajstić information content (AvgIpc) is 2.30. The molecule has 0 spiro atoms. The van der Waals surface area contributed by atoms with E-state index in [1.807, 2.05) is 0 Å². The third-order valence-electron chi connectivity index (χ3n) is 2.24. The maximum Gasteiger partial charge on any atom is 0.312 e. The van der Waals surface area contributed by atoms with Crippen molar-refractivity contribution in [1.29, 1.82) is 0 Å². The molecule has 3 N–H and O–H groups in total. The smallest absolute Gasteiger partial charge is 0.312 e. The number of halogens is 1. The van der Waals surface area contributed by atoms with E-state index in [0.717, 1.165) is 0 Å². The summed E-state index contributed by atoms with van der Waals surface area (Å²) in [7, 11) is 0. The molecule has 18 heavy (non-hydrogen) atoms. The quantitative estimate of drug-likeness (QED) is 0.290. The molecule has 1 aromatic rings. The molecule has 0 aliphatic carbocycles. The zero-order valence-corrected chi connectivity index (χ0v) is 11.3. The normalized spacial score (nSPS) is 13.2. The molecule has 1 aromatic carbocycles. The van der Waals surface area contributed by atoms with E-state index in [2.05, 4.69) is 21.1 Å². The van der Waals surface area contributed by atoms with Crippen LogP contribution in [0.1, 0.15) is 12.5 Å². The van der Waals surface area contributed by atoms with Crippen LogP contribution in [0.25, 0.3) is 0 Å². The van der Waals surface area contributed by atoms with Gasteiger partial charge < -0.3 is 15.7 Å². The van der Waals surface area contributed by atoms with Crippen LogP contribution in [0, 0.1) is 17.0 Å². The number of nitrogens with two attached hydrogens (primary N) is 1. The van der Waals surface area contributed by atoms with Crippen LogP contribution < -0.4 is 10.5 Å². The van der Waals surface area contributed by atoms with E-state index in [0.29, 0.717) is 10.0 Å². The summed E-state index contributed by atoms with van der Waals surface area (Å²) in [6.07, 6.45) is -0.770. The number of rotatable bonds is 4. The minimum absolute atomic E-state index is 0.0994. The van der Waals surface area contributed by atoms with E-state index >= 15 is 0 Å².